The van der Waals surface area contributed by atoms with Crippen LogP contribution in [-0.2, 0) is 25.7 Å². The molecular formula is C27H37N9O6. The molecule has 0 aromatic carbocycles. The van der Waals surface area contributed by atoms with E-state index >= 15 is 0 Å². The van der Waals surface area contributed by atoms with E-state index in [-0.39, 0.29) is 36.7 Å². The zero-order valence-electron chi connectivity index (χ0n) is 23.7. The molecule has 0 unspecified atom stereocenters. The minimum atomic E-state index is -0.903. The van der Waals surface area contributed by atoms with Crippen LogP contribution in [0.15, 0.2) is 23.1 Å². The average molecular weight is 584 g/mol. The summed E-state index contributed by atoms with van der Waals surface area (Å²) in [6.07, 6.45) is 8.56. The standard InChI is InChI=1S/C18H25N3O2.C9H12N6O4/c1-19-15-3-2-4-21(18(15)23)10-16(22)20-17-13-6-11-5-12(8-13)9-14(17)7-11;1-10-8(18)6(17)3-2-5(4-16)11-9(19)7-12-14-15-13-7/h2-4,11-14,17,19H,5-10H2,1H3,(H,20,22);4-5H,2-3H2,1H3,(H,10,18)(H,11,19)(H,12,13,14,15)/t;5-/m.0/s1. The van der Waals surface area contributed by atoms with Gasteiger partial charge in [0.15, 0.2) is 0 Å². The maximum atomic E-state index is 12.5. The van der Waals surface area contributed by atoms with Crippen LogP contribution in [0.5, 0.6) is 0 Å². The molecule has 15 nitrogen and oxygen atoms in total. The molecule has 0 radical (unpaired) electrons. The first-order valence-corrected chi connectivity index (χ1v) is 14.1. The predicted octanol–water partition coefficient (Wildman–Crippen LogP) is -0.577. The second-order valence-electron chi connectivity index (χ2n) is 11.1. The summed E-state index contributed by atoms with van der Waals surface area (Å²) >= 11 is 0. The van der Waals surface area contributed by atoms with E-state index in [9.17, 15) is 28.8 Å². The molecule has 1 atom stereocenters. The average Bonchev–Trinajstić information content (AvgIpc) is 3.53. The van der Waals surface area contributed by atoms with Gasteiger partial charge in [-0.15, -0.1) is 10.2 Å². The van der Waals surface area contributed by atoms with E-state index in [0.717, 1.165) is 11.8 Å². The second-order valence-corrected chi connectivity index (χ2v) is 11.1. The van der Waals surface area contributed by atoms with Crippen LogP contribution in [0.25, 0.3) is 0 Å². The summed E-state index contributed by atoms with van der Waals surface area (Å²) in [6.45, 7) is 0.108. The third-order valence-corrected chi connectivity index (χ3v) is 8.35. The third-order valence-electron chi connectivity index (χ3n) is 8.35. The number of hydrogen-bond donors (Lipinski definition) is 5. The second kappa shape index (κ2) is 14.0. The first-order valence-electron chi connectivity index (χ1n) is 14.1. The lowest BCUT2D eigenvalue weighted by molar-refractivity contribution is -0.137. The molecule has 4 saturated carbocycles. The first-order chi connectivity index (χ1) is 20.2. The molecule has 6 rings (SSSR count). The maximum absolute atomic E-state index is 12.5. The number of nitrogens with one attached hydrogen (secondary N) is 5. The van der Waals surface area contributed by atoms with Crippen LogP contribution in [0.4, 0.5) is 5.69 Å². The fraction of sp³-hybridized carbons (Fsp3) is 0.593. The van der Waals surface area contributed by atoms with Gasteiger partial charge >= 0.3 is 0 Å². The lowest BCUT2D eigenvalue weighted by Crippen LogP contribution is -2.56. The van der Waals surface area contributed by atoms with Crippen LogP contribution in [0.1, 0.15) is 55.6 Å². The van der Waals surface area contributed by atoms with Crippen molar-refractivity contribution in [3.63, 3.8) is 0 Å². The number of hydrogen-bond acceptors (Lipinski definition) is 10. The number of ketones is 1. The number of aromatic amines is 1. The highest BCUT2D eigenvalue weighted by Crippen LogP contribution is 2.53. The Morgan fingerprint density at radius 1 is 1.10 bits per heavy atom. The molecule has 5 N–H and O–H groups in total. The summed E-state index contributed by atoms with van der Waals surface area (Å²) in [4.78, 5) is 69.1. The molecule has 2 aromatic heterocycles. The molecule has 15 heteroatoms. The predicted molar refractivity (Wildman–Crippen MR) is 149 cm³/mol. The van der Waals surface area contributed by atoms with Crippen LogP contribution in [0.3, 0.4) is 0 Å². The molecule has 2 aromatic rings. The summed E-state index contributed by atoms with van der Waals surface area (Å²) in [5.41, 5.74) is 0.380. The number of carbonyl (C=O) groups excluding carboxylic acids is 5. The molecule has 2 heterocycles. The highest BCUT2D eigenvalue weighted by atomic mass is 16.2. The Labute approximate surface area is 242 Å². The largest absolute Gasteiger partial charge is 0.384 e. The lowest BCUT2D eigenvalue weighted by atomic mass is 9.54. The molecule has 226 valence electrons. The number of amides is 3. The molecule has 3 amide bonds. The van der Waals surface area contributed by atoms with E-state index in [1.54, 1.807) is 25.4 Å². The smallest absolute Gasteiger partial charge is 0.293 e. The van der Waals surface area contributed by atoms with Crippen molar-refractivity contribution in [1.29, 1.82) is 0 Å². The van der Waals surface area contributed by atoms with Crippen LogP contribution in [-0.4, -0.2) is 81.2 Å². The van der Waals surface area contributed by atoms with E-state index < -0.39 is 23.6 Å². The Kier molecular flexibility index (Phi) is 10.1. The van der Waals surface area contributed by atoms with Gasteiger partial charge in [0.1, 0.15) is 18.5 Å². The highest BCUT2D eigenvalue weighted by molar-refractivity contribution is 6.36. The summed E-state index contributed by atoms with van der Waals surface area (Å²) in [5.74, 6) is 0.783. The maximum Gasteiger partial charge on any atom is 0.293 e. The zero-order chi connectivity index (χ0) is 30.2. The van der Waals surface area contributed by atoms with Gasteiger partial charge in [-0.25, -0.2) is 0 Å². The molecule has 0 saturated heterocycles. The minimum Gasteiger partial charge on any atom is -0.384 e. The number of H-pyrrole nitrogens is 1. The Morgan fingerprint density at radius 2 is 1.79 bits per heavy atom. The van der Waals surface area contributed by atoms with E-state index in [1.165, 1.54) is 43.7 Å². The van der Waals surface area contributed by atoms with Gasteiger partial charge in [-0.2, -0.15) is 5.21 Å². The fourth-order valence-corrected chi connectivity index (χ4v) is 6.60. The molecule has 0 aliphatic heterocycles. The molecule has 4 fully saturated rings. The van der Waals surface area contributed by atoms with Gasteiger partial charge in [0, 0.05) is 32.8 Å². The van der Waals surface area contributed by atoms with Crippen LogP contribution < -0.4 is 26.8 Å². The Balaban J connectivity index is 0.000000198. The van der Waals surface area contributed by atoms with E-state index in [1.807, 2.05) is 0 Å². The monoisotopic (exact) mass is 583 g/mol. The van der Waals surface area contributed by atoms with E-state index in [0.29, 0.717) is 29.9 Å². The minimum absolute atomic E-state index is 0.0132. The number of likely N-dealkylation sites (N-methyl/N-ethyl adjacent to an activating group) is 1. The van der Waals surface area contributed by atoms with Gasteiger partial charge in [0.25, 0.3) is 23.2 Å². The van der Waals surface area contributed by atoms with Gasteiger partial charge in [-0.05, 0) is 79.5 Å². The number of aldehydes is 1. The number of Topliss-reactive ketones (excluding diaryl/α,β-unsaturated/α-hetero) is 1. The van der Waals surface area contributed by atoms with Crippen molar-refractivity contribution in [3.8, 4) is 0 Å². The number of nitrogens with zero attached hydrogens (tertiary/aromatic N) is 4. The van der Waals surface area contributed by atoms with Crippen molar-refractivity contribution in [2.24, 2.45) is 23.7 Å². The van der Waals surface area contributed by atoms with Crippen LogP contribution in [0, 0.1) is 23.7 Å². The molecule has 42 heavy (non-hydrogen) atoms. The number of tetrazole rings is 1. The van der Waals surface area contributed by atoms with E-state index in [4.69, 9.17) is 0 Å². The van der Waals surface area contributed by atoms with Gasteiger partial charge in [-0.3, -0.25) is 24.0 Å². The van der Waals surface area contributed by atoms with Crippen LogP contribution in [0.2, 0.25) is 0 Å². The Bertz CT molecular complexity index is 1310. The van der Waals surface area contributed by atoms with Crippen molar-refractivity contribution in [2.45, 2.75) is 63.6 Å². The molecule has 4 bridgehead atoms. The number of aromatic nitrogens is 5. The molecule has 4 aliphatic rings. The summed E-state index contributed by atoms with van der Waals surface area (Å²) in [7, 11) is 3.05. The van der Waals surface area contributed by atoms with Crippen molar-refractivity contribution >= 4 is 35.5 Å². The normalized spacial score (nSPS) is 24.0. The van der Waals surface area contributed by atoms with Crippen molar-refractivity contribution in [1.82, 2.24) is 41.1 Å². The van der Waals surface area contributed by atoms with Crippen molar-refractivity contribution in [3.05, 3.63) is 34.5 Å². The topological polar surface area (TPSA) is 210 Å². The van der Waals surface area contributed by atoms with Gasteiger partial charge < -0.3 is 30.6 Å². The van der Waals surface area contributed by atoms with Crippen molar-refractivity contribution in [2.75, 3.05) is 19.4 Å². The third kappa shape index (κ3) is 7.44. The highest BCUT2D eigenvalue weighted by Gasteiger charge is 2.48. The zero-order valence-corrected chi connectivity index (χ0v) is 23.7. The first kappa shape index (κ1) is 30.5. The summed E-state index contributed by atoms with van der Waals surface area (Å²) in [6, 6.07) is 2.95. The Morgan fingerprint density at radius 3 is 2.36 bits per heavy atom. The van der Waals surface area contributed by atoms with Crippen molar-refractivity contribution < 1.29 is 24.0 Å². The van der Waals surface area contributed by atoms with Gasteiger partial charge in [0.05, 0.1) is 6.04 Å². The fourth-order valence-electron chi connectivity index (χ4n) is 6.60. The quantitative estimate of drug-likeness (QED) is 0.168. The van der Waals surface area contributed by atoms with E-state index in [2.05, 4.69) is 41.9 Å². The molecular weight excluding hydrogens is 546 g/mol. The van der Waals surface area contributed by atoms with Gasteiger partial charge in [0.2, 0.25) is 11.7 Å². The Hall–Kier alpha value is -4.43. The molecule has 4 aliphatic carbocycles. The number of rotatable bonds is 11. The number of pyridine rings is 1. The summed E-state index contributed by atoms with van der Waals surface area (Å²) < 4.78 is 1.48. The number of carbonyl (C=O) groups is 5. The lowest BCUT2D eigenvalue weighted by Gasteiger charge is -2.54. The van der Waals surface area contributed by atoms with Crippen LogP contribution >= 0.6 is 0 Å². The number of anilines is 1. The molecule has 0 spiro atoms. The van der Waals surface area contributed by atoms with Gasteiger partial charge in [-0.1, -0.05) is 0 Å². The SMILES string of the molecule is CNC(=O)C(=O)CC[C@@H](C=O)NC(=O)c1nn[nH]n1.CNc1cccn(CC(=O)NC2C3CC4CC(C3)CC2C4)c1=O. The summed E-state index contributed by atoms with van der Waals surface area (Å²) in [5, 5.41) is 22.8.